The van der Waals surface area contributed by atoms with E-state index in [1.807, 2.05) is 32.0 Å². The van der Waals surface area contributed by atoms with Crippen molar-refractivity contribution >= 4 is 23.7 Å². The molecule has 0 saturated carbocycles. The fraction of sp³-hybridized carbons (Fsp3) is 0.250. The maximum atomic E-state index is 12.3. The zero-order valence-corrected chi connectivity index (χ0v) is 14.8. The molecule has 0 radical (unpaired) electrons. The molecule has 6 heteroatoms. The van der Waals surface area contributed by atoms with Crippen LogP contribution in [0, 0.1) is 19.8 Å². The maximum absolute atomic E-state index is 12.3. The molecule has 6 nitrogen and oxygen atoms in total. The molecular weight excluding hydrogens is 330 g/mol. The van der Waals surface area contributed by atoms with Gasteiger partial charge in [0.05, 0.1) is 12.1 Å². The van der Waals surface area contributed by atoms with E-state index in [2.05, 4.69) is 10.5 Å². The quantitative estimate of drug-likeness (QED) is 0.656. The second-order valence-electron chi connectivity index (χ2n) is 6.47. The number of phenolic OH excluding ortho intramolecular Hbond substituents is 1. The first-order valence-corrected chi connectivity index (χ1v) is 8.44. The molecule has 1 fully saturated rings. The number of amides is 2. The van der Waals surface area contributed by atoms with Crippen LogP contribution in [0.25, 0.3) is 0 Å². The van der Waals surface area contributed by atoms with Crippen LogP contribution in [0.2, 0.25) is 0 Å². The van der Waals surface area contributed by atoms with Gasteiger partial charge in [0.1, 0.15) is 5.75 Å². The van der Waals surface area contributed by atoms with E-state index in [1.54, 1.807) is 29.2 Å². The molecule has 26 heavy (non-hydrogen) atoms. The number of aromatic hydroxyl groups is 1. The van der Waals surface area contributed by atoms with Gasteiger partial charge in [-0.3, -0.25) is 9.59 Å². The molecule has 0 aromatic heterocycles. The van der Waals surface area contributed by atoms with Crippen molar-refractivity contribution in [2.45, 2.75) is 20.3 Å². The number of nitrogens with zero attached hydrogens (tertiary/aromatic N) is 2. The Labute approximate surface area is 152 Å². The molecule has 0 spiro atoms. The summed E-state index contributed by atoms with van der Waals surface area (Å²) < 4.78 is 0. The van der Waals surface area contributed by atoms with Gasteiger partial charge in [-0.2, -0.15) is 5.10 Å². The van der Waals surface area contributed by atoms with Crippen LogP contribution in [0.15, 0.2) is 47.6 Å². The average Bonchev–Trinajstić information content (AvgIpc) is 3.01. The number of hydrazone groups is 1. The summed E-state index contributed by atoms with van der Waals surface area (Å²) in [4.78, 5) is 26.2. The van der Waals surface area contributed by atoms with Gasteiger partial charge in [0, 0.05) is 24.2 Å². The molecule has 134 valence electrons. The Morgan fingerprint density at radius 1 is 1.23 bits per heavy atom. The van der Waals surface area contributed by atoms with Gasteiger partial charge in [-0.1, -0.05) is 18.2 Å². The lowest BCUT2D eigenvalue weighted by Crippen LogP contribution is -2.30. The Kier molecular flexibility index (Phi) is 5.02. The van der Waals surface area contributed by atoms with Crippen LogP contribution in [-0.2, 0) is 9.59 Å². The summed E-state index contributed by atoms with van der Waals surface area (Å²) in [6, 6.07) is 12.5. The molecule has 1 saturated heterocycles. The summed E-state index contributed by atoms with van der Waals surface area (Å²) in [5.41, 5.74) is 6.04. The Morgan fingerprint density at radius 3 is 2.73 bits per heavy atom. The minimum atomic E-state index is -0.453. The van der Waals surface area contributed by atoms with Gasteiger partial charge >= 0.3 is 0 Å². The van der Waals surface area contributed by atoms with Crippen LogP contribution in [-0.4, -0.2) is 29.7 Å². The summed E-state index contributed by atoms with van der Waals surface area (Å²) in [5.74, 6) is -0.748. The fourth-order valence-corrected chi connectivity index (χ4v) is 2.88. The van der Waals surface area contributed by atoms with E-state index in [4.69, 9.17) is 0 Å². The number of hydrogen-bond donors (Lipinski definition) is 2. The number of hydrogen-bond acceptors (Lipinski definition) is 4. The Hall–Kier alpha value is -3.15. The van der Waals surface area contributed by atoms with Crippen molar-refractivity contribution in [3.05, 3.63) is 59.2 Å². The first-order valence-electron chi connectivity index (χ1n) is 8.44. The second kappa shape index (κ2) is 7.39. The molecule has 2 amide bonds. The van der Waals surface area contributed by atoms with Crippen LogP contribution in [0.5, 0.6) is 5.75 Å². The monoisotopic (exact) mass is 351 g/mol. The van der Waals surface area contributed by atoms with Crippen LogP contribution >= 0.6 is 0 Å². The average molecular weight is 351 g/mol. The molecule has 2 N–H and O–H groups in total. The molecular formula is C20H21N3O3. The highest BCUT2D eigenvalue weighted by Crippen LogP contribution is 2.27. The normalized spacial score (nSPS) is 17.1. The van der Waals surface area contributed by atoms with Gasteiger partial charge in [-0.15, -0.1) is 0 Å². The third-order valence-corrected chi connectivity index (χ3v) is 4.61. The summed E-state index contributed by atoms with van der Waals surface area (Å²) in [7, 11) is 0. The van der Waals surface area contributed by atoms with Crippen LogP contribution in [0.1, 0.15) is 23.1 Å². The number of aryl methyl sites for hydroxylation is 2. The predicted molar refractivity (Wildman–Crippen MR) is 100 cm³/mol. The molecule has 3 rings (SSSR count). The highest BCUT2D eigenvalue weighted by Gasteiger charge is 2.35. The minimum Gasteiger partial charge on any atom is -0.507 e. The van der Waals surface area contributed by atoms with Crippen LogP contribution < -0.4 is 10.3 Å². The fourth-order valence-electron chi connectivity index (χ4n) is 2.88. The molecule has 0 bridgehead atoms. The van der Waals surface area contributed by atoms with Crippen molar-refractivity contribution in [1.82, 2.24) is 5.43 Å². The summed E-state index contributed by atoms with van der Waals surface area (Å²) in [6.45, 7) is 4.35. The summed E-state index contributed by atoms with van der Waals surface area (Å²) in [6.07, 6.45) is 1.54. The van der Waals surface area contributed by atoms with Crippen molar-refractivity contribution in [3.63, 3.8) is 0 Å². The number of para-hydroxylation sites is 1. The first-order chi connectivity index (χ1) is 12.5. The van der Waals surface area contributed by atoms with E-state index in [0.29, 0.717) is 12.1 Å². The summed E-state index contributed by atoms with van der Waals surface area (Å²) >= 11 is 0. The Morgan fingerprint density at radius 2 is 2.00 bits per heavy atom. The predicted octanol–water partition coefficient (Wildman–Crippen LogP) is 2.51. The van der Waals surface area contributed by atoms with E-state index >= 15 is 0 Å². The third-order valence-electron chi connectivity index (χ3n) is 4.61. The van der Waals surface area contributed by atoms with Crippen LogP contribution in [0.3, 0.4) is 0 Å². The number of rotatable bonds is 4. The van der Waals surface area contributed by atoms with E-state index in [0.717, 1.165) is 16.8 Å². The van der Waals surface area contributed by atoms with Crippen molar-refractivity contribution in [2.24, 2.45) is 11.0 Å². The Balaban J connectivity index is 1.63. The summed E-state index contributed by atoms with van der Waals surface area (Å²) in [5, 5.41) is 13.6. The first kappa shape index (κ1) is 17.7. The SMILES string of the molecule is Cc1ccc(N2C[C@H](C(=O)N/N=C\c3ccccc3O)CC2=O)cc1C. The standard InChI is InChI=1S/C20H21N3O3/c1-13-7-8-17(9-14(13)2)23-12-16(10-19(23)25)20(26)22-21-11-15-5-3-4-6-18(15)24/h3-9,11,16,24H,10,12H2,1-2H3,(H,22,26)/b21-11-/t16-/m1/s1. The molecule has 0 unspecified atom stereocenters. The van der Waals surface area contributed by atoms with Gasteiger partial charge in [0.15, 0.2) is 0 Å². The molecule has 2 aromatic rings. The smallest absolute Gasteiger partial charge is 0.245 e. The Bertz CT molecular complexity index is 876. The van der Waals surface area contributed by atoms with Crippen molar-refractivity contribution < 1.29 is 14.7 Å². The number of carbonyl (C=O) groups excluding carboxylic acids is 2. The number of carbonyl (C=O) groups is 2. The van der Waals surface area contributed by atoms with E-state index in [1.165, 1.54) is 6.21 Å². The van der Waals surface area contributed by atoms with Gasteiger partial charge in [0.25, 0.3) is 0 Å². The number of anilines is 1. The lowest BCUT2D eigenvalue weighted by atomic mass is 10.1. The molecule has 1 aliphatic heterocycles. The van der Waals surface area contributed by atoms with E-state index in [9.17, 15) is 14.7 Å². The topological polar surface area (TPSA) is 82.0 Å². The van der Waals surface area contributed by atoms with Gasteiger partial charge in [-0.25, -0.2) is 5.43 Å². The molecule has 1 aliphatic rings. The second-order valence-corrected chi connectivity index (χ2v) is 6.47. The highest BCUT2D eigenvalue weighted by atomic mass is 16.3. The molecule has 1 heterocycles. The van der Waals surface area contributed by atoms with E-state index < -0.39 is 5.92 Å². The minimum absolute atomic E-state index is 0.0712. The largest absolute Gasteiger partial charge is 0.507 e. The van der Waals surface area contributed by atoms with E-state index in [-0.39, 0.29) is 24.0 Å². The molecule has 2 aromatic carbocycles. The number of benzene rings is 2. The zero-order valence-electron chi connectivity index (χ0n) is 14.8. The molecule has 1 atom stereocenters. The van der Waals surface area contributed by atoms with Gasteiger partial charge in [0.2, 0.25) is 11.8 Å². The third kappa shape index (κ3) is 3.74. The molecule has 0 aliphatic carbocycles. The highest BCUT2D eigenvalue weighted by molar-refractivity contribution is 6.00. The van der Waals surface area contributed by atoms with Gasteiger partial charge in [-0.05, 0) is 49.2 Å². The van der Waals surface area contributed by atoms with Crippen LogP contribution in [0.4, 0.5) is 5.69 Å². The van der Waals surface area contributed by atoms with Crippen molar-refractivity contribution in [2.75, 3.05) is 11.4 Å². The van der Waals surface area contributed by atoms with Gasteiger partial charge < -0.3 is 10.0 Å². The zero-order chi connectivity index (χ0) is 18.7. The number of nitrogens with one attached hydrogen (secondary N) is 1. The maximum Gasteiger partial charge on any atom is 0.245 e. The lowest BCUT2D eigenvalue weighted by molar-refractivity contribution is -0.126. The van der Waals surface area contributed by atoms with Crippen molar-refractivity contribution in [3.8, 4) is 5.75 Å². The lowest BCUT2D eigenvalue weighted by Gasteiger charge is -2.17. The van der Waals surface area contributed by atoms with Crippen molar-refractivity contribution in [1.29, 1.82) is 0 Å². The number of phenols is 1.